The fraction of sp³-hybridized carbons (Fsp3) is 0.333. The fourth-order valence-corrected chi connectivity index (χ4v) is 0.433. The second-order valence-corrected chi connectivity index (χ2v) is 1.55. The van der Waals surface area contributed by atoms with Crippen LogP contribution in [0.3, 0.4) is 0 Å². The van der Waals surface area contributed by atoms with E-state index in [1.165, 1.54) is 0 Å². The topological polar surface area (TPSA) is 12.0 Å². The molecule has 1 nitrogen and oxygen atoms in total. The molecular formula is C3H8AlN. The van der Waals surface area contributed by atoms with Gasteiger partial charge in [0, 0.05) is 0 Å². The summed E-state index contributed by atoms with van der Waals surface area (Å²) in [5.41, 5.74) is 0. The van der Waals surface area contributed by atoms with Crippen molar-refractivity contribution < 1.29 is 0 Å². The van der Waals surface area contributed by atoms with Gasteiger partial charge in [0.05, 0.1) is 0 Å². The molecule has 0 fully saturated rings. The maximum absolute atomic E-state index is 3.51. The first-order valence-corrected chi connectivity index (χ1v) is 2.67. The minimum absolute atomic E-state index is 0.965. The molecule has 0 aromatic rings. The highest BCUT2D eigenvalue weighted by atomic mass is 27.1. The Kier molecular flexibility index (Phi) is 4.43. The summed E-state index contributed by atoms with van der Waals surface area (Å²) in [6.45, 7) is 4.47. The van der Waals surface area contributed by atoms with Gasteiger partial charge in [0.1, 0.15) is 0 Å². The zero-order valence-electron chi connectivity index (χ0n) is 3.49. The van der Waals surface area contributed by atoms with E-state index in [4.69, 9.17) is 0 Å². The number of hydrogen-bond acceptors (Lipinski definition) is 1. The molecule has 1 N–H and O–H groups in total. The molecule has 0 aromatic carbocycles. The summed E-state index contributed by atoms with van der Waals surface area (Å²) in [7, 11) is 0. The molecule has 0 aliphatic carbocycles. The summed E-state index contributed by atoms with van der Waals surface area (Å²) in [6, 6.07) is 0. The normalized spacial score (nSPS) is 7.20. The lowest BCUT2D eigenvalue weighted by atomic mass is 10.7. The lowest BCUT2D eigenvalue weighted by Crippen LogP contribution is -2.05. The number of nitrogens with one attached hydrogen (secondary N) is 1. The van der Waals surface area contributed by atoms with Crippen LogP contribution in [0.25, 0.3) is 0 Å². The molecule has 0 heterocycles. The van der Waals surface area contributed by atoms with Crippen LogP contribution in [-0.2, 0) is 0 Å². The van der Waals surface area contributed by atoms with Gasteiger partial charge in [0.25, 0.3) is 0 Å². The number of rotatable bonds is 2. The van der Waals surface area contributed by atoms with Crippen molar-refractivity contribution in [3.8, 4) is 0 Å². The van der Waals surface area contributed by atoms with Crippen molar-refractivity contribution in [1.82, 2.24) is 4.30 Å². The molecule has 28 valence electrons. The summed E-state index contributed by atoms with van der Waals surface area (Å²) in [5, 5.41) is 0. The molecule has 0 aliphatic rings. The van der Waals surface area contributed by atoms with Crippen LogP contribution in [0.5, 0.6) is 0 Å². The Labute approximate surface area is 40.7 Å². The Balaban J connectivity index is 2.40. The molecule has 0 spiro atoms. The first-order valence-electron chi connectivity index (χ1n) is 1.67. The molecule has 0 radical (unpaired) electrons. The van der Waals surface area contributed by atoms with Gasteiger partial charge < -0.3 is 4.30 Å². The average Bonchev–Trinajstić information content (AvgIpc) is 1.41. The lowest BCUT2D eigenvalue weighted by molar-refractivity contribution is 1.11. The Morgan fingerprint density at radius 3 is 2.60 bits per heavy atom. The van der Waals surface area contributed by atoms with E-state index < -0.39 is 0 Å². The second-order valence-electron chi connectivity index (χ2n) is 0.846. The van der Waals surface area contributed by atoms with Crippen LogP contribution in [0.2, 0.25) is 0 Å². The fourth-order valence-electron chi connectivity index (χ4n) is 0.144. The van der Waals surface area contributed by atoms with Crippen molar-refractivity contribution in [2.45, 2.75) is 0 Å². The molecule has 0 aliphatic heterocycles. The molecule has 0 rings (SSSR count). The second kappa shape index (κ2) is 4.23. The third-order valence-corrected chi connectivity index (χ3v) is 0.757. The molecule has 2 heteroatoms. The van der Waals surface area contributed by atoms with Crippen molar-refractivity contribution >= 4 is 16.5 Å². The standard InChI is InChI=1S/C3H6N.Al.2H/c1-2-3-4;;;/h2,4H,1,3H2;;;/q-1;+1;;. The van der Waals surface area contributed by atoms with Crippen molar-refractivity contribution in [2.75, 3.05) is 6.54 Å². The molecular weight excluding hydrogens is 77.0 g/mol. The molecule has 5 heavy (non-hydrogen) atoms. The minimum atomic E-state index is 0.965. The maximum Gasteiger partial charge on any atom is 0.319 e. The van der Waals surface area contributed by atoms with Crippen molar-refractivity contribution in [1.29, 1.82) is 0 Å². The molecule has 0 aromatic heterocycles. The van der Waals surface area contributed by atoms with Crippen LogP contribution >= 0.6 is 0 Å². The average molecular weight is 85.1 g/mol. The van der Waals surface area contributed by atoms with Gasteiger partial charge in [-0.25, -0.2) is 0 Å². The van der Waals surface area contributed by atoms with Gasteiger partial charge in [-0.05, 0) is 6.54 Å². The molecule has 0 bridgehead atoms. The zero-order valence-corrected chi connectivity index (χ0v) is 5.49. The van der Waals surface area contributed by atoms with E-state index in [0.29, 0.717) is 0 Å². The predicted molar refractivity (Wildman–Crippen MR) is 26.7 cm³/mol. The van der Waals surface area contributed by atoms with Gasteiger partial charge in [0.2, 0.25) is 0 Å². The lowest BCUT2D eigenvalue weighted by Gasteiger charge is -1.79. The number of hydrogen-bond donors (Lipinski definition) is 1. The van der Waals surface area contributed by atoms with Crippen LogP contribution < -0.4 is 4.30 Å². The summed E-state index contributed by atoms with van der Waals surface area (Å²) in [5.74, 6) is 0. The minimum Gasteiger partial charge on any atom is -0.401 e. The van der Waals surface area contributed by atoms with Crippen LogP contribution in [0.15, 0.2) is 12.7 Å². The van der Waals surface area contributed by atoms with E-state index in [2.05, 4.69) is 10.9 Å². The molecule has 0 amide bonds. The van der Waals surface area contributed by atoms with E-state index >= 15 is 0 Å². The van der Waals surface area contributed by atoms with Gasteiger partial charge in [-0.3, -0.25) is 0 Å². The highest BCUT2D eigenvalue weighted by Crippen LogP contribution is 1.47. The molecule has 0 atom stereocenters. The van der Waals surface area contributed by atoms with E-state index in [1.54, 1.807) is 0 Å². The SMILES string of the molecule is C=CC[NH][AlH2]. The van der Waals surface area contributed by atoms with Crippen molar-refractivity contribution in [3.05, 3.63) is 12.7 Å². The van der Waals surface area contributed by atoms with Crippen molar-refractivity contribution in [3.63, 3.8) is 0 Å². The van der Waals surface area contributed by atoms with E-state index in [1.807, 2.05) is 6.08 Å². The van der Waals surface area contributed by atoms with Gasteiger partial charge >= 0.3 is 16.5 Å². The third kappa shape index (κ3) is 4.23. The summed E-state index contributed by atoms with van der Waals surface area (Å²) < 4.78 is 3.04. The van der Waals surface area contributed by atoms with Crippen LogP contribution in [-0.4, -0.2) is 23.1 Å². The maximum atomic E-state index is 3.51. The Bertz CT molecular complexity index is 28.1. The molecule has 0 saturated carbocycles. The van der Waals surface area contributed by atoms with Crippen molar-refractivity contribution in [2.24, 2.45) is 0 Å². The molecule has 0 unspecified atom stereocenters. The quantitative estimate of drug-likeness (QED) is 0.345. The van der Waals surface area contributed by atoms with E-state index in [9.17, 15) is 0 Å². The van der Waals surface area contributed by atoms with E-state index in [0.717, 1.165) is 23.1 Å². The first kappa shape index (κ1) is 5.23. The molecule has 0 saturated heterocycles. The van der Waals surface area contributed by atoms with Crippen LogP contribution in [0.4, 0.5) is 0 Å². The summed E-state index contributed by atoms with van der Waals surface area (Å²) in [6.07, 6.45) is 1.85. The summed E-state index contributed by atoms with van der Waals surface area (Å²) in [4.78, 5) is 0. The van der Waals surface area contributed by atoms with Gasteiger partial charge in [-0.1, -0.05) is 6.08 Å². The van der Waals surface area contributed by atoms with Crippen LogP contribution in [0, 0.1) is 0 Å². The first-order chi connectivity index (χ1) is 2.41. The van der Waals surface area contributed by atoms with E-state index in [-0.39, 0.29) is 0 Å². The Morgan fingerprint density at radius 1 is 2.00 bits per heavy atom. The zero-order chi connectivity index (χ0) is 4.12. The highest BCUT2D eigenvalue weighted by Gasteiger charge is 1.58. The van der Waals surface area contributed by atoms with Gasteiger partial charge in [-0.15, -0.1) is 6.58 Å². The van der Waals surface area contributed by atoms with Gasteiger partial charge in [-0.2, -0.15) is 0 Å². The van der Waals surface area contributed by atoms with Crippen LogP contribution in [0.1, 0.15) is 0 Å². The largest absolute Gasteiger partial charge is 0.401 e. The highest BCUT2D eigenvalue weighted by molar-refractivity contribution is 6.04. The Morgan fingerprint density at radius 2 is 2.60 bits per heavy atom. The monoisotopic (exact) mass is 85.0 g/mol. The third-order valence-electron chi connectivity index (χ3n) is 0.348. The van der Waals surface area contributed by atoms with Gasteiger partial charge in [0.15, 0.2) is 0 Å². The Hall–Kier alpha value is 0.232. The summed E-state index contributed by atoms with van der Waals surface area (Å²) >= 11 is 1.08. The smallest absolute Gasteiger partial charge is 0.319 e. The predicted octanol–water partition coefficient (Wildman–Crippen LogP) is -0.690.